The van der Waals surface area contributed by atoms with Crippen molar-refractivity contribution in [3.63, 3.8) is 0 Å². The number of ketones is 1. The Morgan fingerprint density at radius 1 is 1.04 bits per heavy atom. The third-order valence-electron chi connectivity index (χ3n) is 3.00. The lowest BCUT2D eigenvalue weighted by atomic mass is 10.1. The Hall–Kier alpha value is -2.46. The van der Waals surface area contributed by atoms with Gasteiger partial charge >= 0.3 is 5.97 Å². The lowest BCUT2D eigenvalue weighted by Crippen LogP contribution is -2.08. The summed E-state index contributed by atoms with van der Waals surface area (Å²) in [6, 6.07) is 14.1. The summed E-state index contributed by atoms with van der Waals surface area (Å²) in [6.45, 7) is 5.09. The maximum absolute atomic E-state index is 12.1. The second-order valence-corrected chi connectivity index (χ2v) is 5.86. The van der Waals surface area contributed by atoms with Gasteiger partial charge in [-0.15, -0.1) is 0 Å². The van der Waals surface area contributed by atoms with E-state index in [1.54, 1.807) is 37.3 Å². The van der Waals surface area contributed by atoms with E-state index in [-0.39, 0.29) is 5.78 Å². The van der Waals surface area contributed by atoms with Gasteiger partial charge in [-0.2, -0.15) is 0 Å². The van der Waals surface area contributed by atoms with Crippen LogP contribution in [0.25, 0.3) is 6.08 Å². The molecule has 0 aliphatic rings. The average Bonchev–Trinajstić information content (AvgIpc) is 2.54. The van der Waals surface area contributed by atoms with Crippen LogP contribution in [0.15, 0.2) is 71.2 Å². The van der Waals surface area contributed by atoms with Crippen LogP contribution in [0.5, 0.6) is 5.75 Å². The number of ether oxygens (including phenoxy) is 1. The lowest BCUT2D eigenvalue weighted by Gasteiger charge is -2.04. The summed E-state index contributed by atoms with van der Waals surface area (Å²) < 4.78 is 6.07. The zero-order chi connectivity index (χ0) is 16.8. The molecule has 2 aromatic carbocycles. The highest BCUT2D eigenvalue weighted by Crippen LogP contribution is 2.15. The van der Waals surface area contributed by atoms with Crippen molar-refractivity contribution in [2.24, 2.45) is 0 Å². The molecule has 0 spiro atoms. The predicted octanol–water partition coefficient (Wildman–Crippen LogP) is 4.83. The first-order chi connectivity index (χ1) is 11.0. The summed E-state index contributed by atoms with van der Waals surface area (Å²) in [7, 11) is 0. The maximum atomic E-state index is 12.1. The number of allylic oxidation sites excluding steroid dienone is 1. The van der Waals surface area contributed by atoms with E-state index in [0.717, 1.165) is 10.0 Å². The third kappa shape index (κ3) is 5.04. The normalized spacial score (nSPS) is 10.5. The van der Waals surface area contributed by atoms with E-state index in [0.29, 0.717) is 16.9 Å². The van der Waals surface area contributed by atoms with Crippen molar-refractivity contribution in [1.82, 2.24) is 0 Å². The second-order valence-electron chi connectivity index (χ2n) is 4.94. The molecule has 0 radical (unpaired) electrons. The smallest absolute Gasteiger partial charge is 0.338 e. The number of carbonyl (C=O) groups is 2. The monoisotopic (exact) mass is 370 g/mol. The molecular formula is C19H15BrO3. The predicted molar refractivity (Wildman–Crippen MR) is 94.4 cm³/mol. The van der Waals surface area contributed by atoms with E-state index >= 15 is 0 Å². The quantitative estimate of drug-likeness (QED) is 0.327. The van der Waals surface area contributed by atoms with Gasteiger partial charge in [0.25, 0.3) is 0 Å². The van der Waals surface area contributed by atoms with Gasteiger partial charge in [0.05, 0.1) is 0 Å². The highest BCUT2D eigenvalue weighted by atomic mass is 79.9. The number of hydrogen-bond donors (Lipinski definition) is 0. The Bertz CT molecular complexity index is 756. The molecule has 2 rings (SSSR count). The summed E-state index contributed by atoms with van der Waals surface area (Å²) >= 11 is 3.36. The fourth-order valence-corrected chi connectivity index (χ4v) is 1.99. The SMILES string of the molecule is C=C(C)C(=O)Oc1ccc(C(=O)/C=C/c2ccc(Br)cc2)cc1. The highest BCUT2D eigenvalue weighted by Gasteiger charge is 2.06. The largest absolute Gasteiger partial charge is 0.423 e. The Labute approximate surface area is 143 Å². The summed E-state index contributed by atoms with van der Waals surface area (Å²) in [5, 5.41) is 0. The lowest BCUT2D eigenvalue weighted by molar-refractivity contribution is -0.130. The topological polar surface area (TPSA) is 43.4 Å². The first-order valence-corrected chi connectivity index (χ1v) is 7.71. The fourth-order valence-electron chi connectivity index (χ4n) is 1.72. The van der Waals surface area contributed by atoms with Gasteiger partial charge in [-0.1, -0.05) is 40.7 Å². The molecule has 0 unspecified atom stereocenters. The van der Waals surface area contributed by atoms with Crippen molar-refractivity contribution in [3.8, 4) is 5.75 Å². The van der Waals surface area contributed by atoms with Crippen molar-refractivity contribution in [2.45, 2.75) is 6.92 Å². The number of halogens is 1. The average molecular weight is 371 g/mol. The summed E-state index contributed by atoms with van der Waals surface area (Å²) in [4.78, 5) is 23.5. The Balaban J connectivity index is 2.04. The molecule has 0 saturated heterocycles. The number of hydrogen-bond acceptors (Lipinski definition) is 3. The number of carbonyl (C=O) groups excluding carboxylic acids is 2. The first-order valence-electron chi connectivity index (χ1n) is 6.91. The molecule has 0 amide bonds. The minimum absolute atomic E-state index is 0.120. The van der Waals surface area contributed by atoms with Crippen LogP contribution in [0.3, 0.4) is 0 Å². The molecule has 2 aromatic rings. The molecule has 4 heteroatoms. The van der Waals surface area contributed by atoms with Crippen molar-refractivity contribution in [3.05, 3.63) is 82.4 Å². The number of esters is 1. The molecule has 0 N–H and O–H groups in total. The van der Waals surface area contributed by atoms with Gasteiger partial charge in [-0.05, 0) is 55.0 Å². The van der Waals surface area contributed by atoms with Gasteiger partial charge in [-0.25, -0.2) is 4.79 Å². The van der Waals surface area contributed by atoms with Crippen LogP contribution in [0.2, 0.25) is 0 Å². The molecule has 0 bridgehead atoms. The van der Waals surface area contributed by atoms with Crippen molar-refractivity contribution < 1.29 is 14.3 Å². The molecule has 0 atom stereocenters. The Kier molecular flexibility index (Phi) is 5.66. The number of rotatable bonds is 5. The Morgan fingerprint density at radius 3 is 2.22 bits per heavy atom. The van der Waals surface area contributed by atoms with Crippen LogP contribution in [-0.2, 0) is 4.79 Å². The van der Waals surface area contributed by atoms with Crippen LogP contribution >= 0.6 is 15.9 Å². The molecule has 23 heavy (non-hydrogen) atoms. The van der Waals surface area contributed by atoms with Gasteiger partial charge in [-0.3, -0.25) is 4.79 Å². The summed E-state index contributed by atoms with van der Waals surface area (Å²) in [5.41, 5.74) is 1.78. The van der Waals surface area contributed by atoms with Gasteiger partial charge in [0, 0.05) is 15.6 Å². The van der Waals surface area contributed by atoms with Gasteiger partial charge < -0.3 is 4.74 Å². The van der Waals surface area contributed by atoms with Crippen LogP contribution < -0.4 is 4.74 Å². The maximum Gasteiger partial charge on any atom is 0.338 e. The van der Waals surface area contributed by atoms with Crippen LogP contribution in [0.1, 0.15) is 22.8 Å². The highest BCUT2D eigenvalue weighted by molar-refractivity contribution is 9.10. The standard InChI is InChI=1S/C19H15BrO3/c1-13(2)19(22)23-17-10-6-15(7-11-17)18(21)12-5-14-3-8-16(20)9-4-14/h3-12H,1H2,2H3/b12-5+. The van der Waals surface area contributed by atoms with Gasteiger partial charge in [0.1, 0.15) is 5.75 Å². The van der Waals surface area contributed by atoms with Crippen molar-refractivity contribution >= 4 is 33.8 Å². The third-order valence-corrected chi connectivity index (χ3v) is 3.52. The Morgan fingerprint density at radius 2 is 1.65 bits per heavy atom. The van der Waals surface area contributed by atoms with Gasteiger partial charge in [0.15, 0.2) is 5.78 Å². The molecule has 3 nitrogen and oxygen atoms in total. The zero-order valence-electron chi connectivity index (χ0n) is 12.6. The minimum atomic E-state index is -0.487. The molecule has 0 aliphatic heterocycles. The minimum Gasteiger partial charge on any atom is -0.423 e. The van der Waals surface area contributed by atoms with Crippen LogP contribution in [-0.4, -0.2) is 11.8 Å². The van der Waals surface area contributed by atoms with Crippen LogP contribution in [0.4, 0.5) is 0 Å². The first kappa shape index (κ1) is 16.9. The second kappa shape index (κ2) is 7.70. The molecule has 0 aromatic heterocycles. The summed E-state index contributed by atoms with van der Waals surface area (Å²) in [5.74, 6) is -0.226. The van der Waals surface area contributed by atoms with Crippen molar-refractivity contribution in [1.29, 1.82) is 0 Å². The zero-order valence-corrected chi connectivity index (χ0v) is 14.2. The summed E-state index contributed by atoms with van der Waals surface area (Å²) in [6.07, 6.45) is 3.27. The molecule has 0 heterocycles. The van der Waals surface area contributed by atoms with E-state index in [1.807, 2.05) is 24.3 Å². The van der Waals surface area contributed by atoms with E-state index in [4.69, 9.17) is 4.74 Å². The van der Waals surface area contributed by atoms with E-state index in [9.17, 15) is 9.59 Å². The van der Waals surface area contributed by atoms with Crippen LogP contribution in [0, 0.1) is 0 Å². The molecular weight excluding hydrogens is 356 g/mol. The van der Waals surface area contributed by atoms with Crippen molar-refractivity contribution in [2.75, 3.05) is 0 Å². The molecule has 0 aliphatic carbocycles. The molecule has 0 fully saturated rings. The molecule has 116 valence electrons. The fraction of sp³-hybridized carbons (Fsp3) is 0.0526. The molecule has 0 saturated carbocycles. The van der Waals surface area contributed by atoms with E-state index in [1.165, 1.54) is 6.08 Å². The van der Waals surface area contributed by atoms with E-state index in [2.05, 4.69) is 22.5 Å². The van der Waals surface area contributed by atoms with E-state index < -0.39 is 5.97 Å². The number of benzene rings is 2. The van der Waals surface area contributed by atoms with Gasteiger partial charge in [0.2, 0.25) is 0 Å².